The van der Waals surface area contributed by atoms with Crippen LogP contribution in [-0.2, 0) is 12.4 Å². The van der Waals surface area contributed by atoms with E-state index in [-0.39, 0.29) is 16.6 Å². The first-order chi connectivity index (χ1) is 9.68. The molecular formula is C13H6F6N2. The molecule has 8 heteroatoms. The van der Waals surface area contributed by atoms with E-state index >= 15 is 0 Å². The van der Waals surface area contributed by atoms with Crippen LogP contribution in [-0.4, -0.2) is 9.38 Å². The summed E-state index contributed by atoms with van der Waals surface area (Å²) < 4.78 is 78.0. The average molecular weight is 304 g/mol. The summed E-state index contributed by atoms with van der Waals surface area (Å²) in [4.78, 5) is 3.38. The Labute approximate surface area is 113 Å². The van der Waals surface area contributed by atoms with Gasteiger partial charge in [0, 0.05) is 6.20 Å². The van der Waals surface area contributed by atoms with Gasteiger partial charge in [-0.25, -0.2) is 4.98 Å². The van der Waals surface area contributed by atoms with Crippen LogP contribution in [0.4, 0.5) is 26.3 Å². The first kappa shape index (κ1) is 13.7. The van der Waals surface area contributed by atoms with Gasteiger partial charge < -0.3 is 4.40 Å². The molecule has 0 aliphatic carbocycles. The molecule has 0 spiro atoms. The van der Waals surface area contributed by atoms with Gasteiger partial charge in [-0.05, 0) is 30.3 Å². The van der Waals surface area contributed by atoms with Crippen molar-refractivity contribution >= 4 is 16.6 Å². The van der Waals surface area contributed by atoms with Gasteiger partial charge >= 0.3 is 12.4 Å². The Balaban J connectivity index is 2.40. The normalized spacial score (nSPS) is 13.2. The average Bonchev–Trinajstić information content (AvgIpc) is 2.83. The minimum Gasteiger partial charge on any atom is -0.313 e. The third kappa shape index (κ3) is 2.20. The molecule has 2 heterocycles. The lowest BCUT2D eigenvalue weighted by Gasteiger charge is -2.12. The van der Waals surface area contributed by atoms with E-state index in [1.165, 1.54) is 22.7 Å². The number of nitrogens with zero attached hydrogens (tertiary/aromatic N) is 2. The van der Waals surface area contributed by atoms with E-state index in [1.807, 2.05) is 0 Å². The number of rotatable bonds is 0. The molecule has 1 aromatic carbocycles. The zero-order valence-corrected chi connectivity index (χ0v) is 10.1. The summed E-state index contributed by atoms with van der Waals surface area (Å²) in [6.45, 7) is 0. The summed E-state index contributed by atoms with van der Waals surface area (Å²) in [6.07, 6.45) is -8.04. The number of alkyl halides is 6. The molecule has 0 aliphatic heterocycles. The molecule has 0 bridgehead atoms. The molecule has 0 fully saturated rings. The van der Waals surface area contributed by atoms with Gasteiger partial charge in [0.1, 0.15) is 0 Å². The Bertz CT molecular complexity index is 828. The van der Waals surface area contributed by atoms with Crippen molar-refractivity contribution in [1.82, 2.24) is 9.38 Å². The molecule has 3 aromatic rings. The molecule has 0 radical (unpaired) electrons. The fourth-order valence-corrected chi connectivity index (χ4v) is 2.16. The second-order valence-corrected chi connectivity index (χ2v) is 4.42. The van der Waals surface area contributed by atoms with E-state index in [0.717, 1.165) is 12.1 Å². The highest BCUT2D eigenvalue weighted by Gasteiger charge is 2.36. The Hall–Kier alpha value is -2.25. The molecule has 2 nitrogen and oxygen atoms in total. The lowest BCUT2D eigenvalue weighted by atomic mass is 10.1. The van der Waals surface area contributed by atoms with E-state index in [0.29, 0.717) is 6.07 Å². The molecule has 2 aromatic heterocycles. The van der Waals surface area contributed by atoms with E-state index in [2.05, 4.69) is 4.98 Å². The Kier molecular flexibility index (Phi) is 2.69. The van der Waals surface area contributed by atoms with Crippen molar-refractivity contribution in [2.75, 3.05) is 0 Å². The van der Waals surface area contributed by atoms with Crippen LogP contribution in [0.1, 0.15) is 11.3 Å². The summed E-state index contributed by atoms with van der Waals surface area (Å²) in [5, 5.41) is 0. The van der Waals surface area contributed by atoms with Gasteiger partial charge in [-0.1, -0.05) is 0 Å². The highest BCUT2D eigenvalue weighted by atomic mass is 19.4. The van der Waals surface area contributed by atoms with Gasteiger partial charge in [0.2, 0.25) is 0 Å². The van der Waals surface area contributed by atoms with Crippen LogP contribution in [0.15, 0.2) is 36.5 Å². The van der Waals surface area contributed by atoms with Gasteiger partial charge in [-0.3, -0.25) is 0 Å². The van der Waals surface area contributed by atoms with E-state index < -0.39 is 23.6 Å². The maximum atomic E-state index is 13.0. The Morgan fingerprint density at radius 2 is 1.57 bits per heavy atom. The molecule has 0 aliphatic rings. The van der Waals surface area contributed by atoms with Crippen LogP contribution < -0.4 is 0 Å². The summed E-state index contributed by atoms with van der Waals surface area (Å²) in [5.41, 5.74) is -2.63. The quantitative estimate of drug-likeness (QED) is 0.558. The molecule has 0 atom stereocenters. The van der Waals surface area contributed by atoms with Crippen LogP contribution in [0.25, 0.3) is 16.6 Å². The van der Waals surface area contributed by atoms with Crippen molar-refractivity contribution in [3.05, 3.63) is 47.8 Å². The number of fused-ring (bicyclic) bond motifs is 3. The molecule has 0 saturated heterocycles. The molecule has 110 valence electrons. The standard InChI is InChI=1S/C13H6F6N2/c14-12(15,16)7-3-4-9-8(6-7)20-11(13(17,18)19)10-2-1-5-21(9)10/h1-6H. The van der Waals surface area contributed by atoms with Crippen LogP contribution in [0.2, 0.25) is 0 Å². The second-order valence-electron chi connectivity index (χ2n) is 4.42. The summed E-state index contributed by atoms with van der Waals surface area (Å²) in [5.74, 6) is 0. The van der Waals surface area contributed by atoms with Gasteiger partial charge in [-0.15, -0.1) is 0 Å². The van der Waals surface area contributed by atoms with Crippen LogP contribution in [0.3, 0.4) is 0 Å². The van der Waals surface area contributed by atoms with E-state index in [4.69, 9.17) is 0 Å². The largest absolute Gasteiger partial charge is 0.435 e. The molecule has 21 heavy (non-hydrogen) atoms. The third-order valence-corrected chi connectivity index (χ3v) is 3.05. The first-order valence-corrected chi connectivity index (χ1v) is 5.73. The lowest BCUT2D eigenvalue weighted by Crippen LogP contribution is -2.11. The van der Waals surface area contributed by atoms with Gasteiger partial charge in [-0.2, -0.15) is 26.3 Å². The smallest absolute Gasteiger partial charge is 0.313 e. The van der Waals surface area contributed by atoms with Crippen LogP contribution in [0, 0.1) is 0 Å². The Morgan fingerprint density at radius 3 is 2.19 bits per heavy atom. The van der Waals surface area contributed by atoms with Gasteiger partial charge in [0.05, 0.1) is 22.1 Å². The maximum Gasteiger partial charge on any atom is 0.435 e. The summed E-state index contributed by atoms with van der Waals surface area (Å²) in [7, 11) is 0. The number of benzene rings is 1. The molecule has 3 rings (SSSR count). The highest BCUT2D eigenvalue weighted by Crippen LogP contribution is 2.35. The predicted molar refractivity (Wildman–Crippen MR) is 62.7 cm³/mol. The summed E-state index contributed by atoms with van der Waals surface area (Å²) in [6, 6.07) is 5.13. The van der Waals surface area contributed by atoms with Crippen molar-refractivity contribution < 1.29 is 26.3 Å². The van der Waals surface area contributed by atoms with E-state index in [9.17, 15) is 26.3 Å². The highest BCUT2D eigenvalue weighted by molar-refractivity contribution is 5.80. The minimum absolute atomic E-state index is 0.177. The van der Waals surface area contributed by atoms with Crippen LogP contribution in [0.5, 0.6) is 0 Å². The third-order valence-electron chi connectivity index (χ3n) is 3.05. The monoisotopic (exact) mass is 304 g/mol. The second kappa shape index (κ2) is 4.12. The molecule has 0 amide bonds. The zero-order valence-electron chi connectivity index (χ0n) is 10.1. The minimum atomic E-state index is -4.75. The van der Waals surface area contributed by atoms with Crippen molar-refractivity contribution in [3.63, 3.8) is 0 Å². The van der Waals surface area contributed by atoms with Gasteiger partial charge in [0.15, 0.2) is 5.69 Å². The van der Waals surface area contributed by atoms with Gasteiger partial charge in [0.25, 0.3) is 0 Å². The maximum absolute atomic E-state index is 13.0. The fraction of sp³-hybridized carbons (Fsp3) is 0.154. The van der Waals surface area contributed by atoms with Crippen LogP contribution >= 0.6 is 0 Å². The van der Waals surface area contributed by atoms with Crippen molar-refractivity contribution in [1.29, 1.82) is 0 Å². The number of hydrogen-bond acceptors (Lipinski definition) is 1. The van der Waals surface area contributed by atoms with E-state index in [1.54, 1.807) is 0 Å². The zero-order chi connectivity index (χ0) is 15.4. The fourth-order valence-electron chi connectivity index (χ4n) is 2.16. The van der Waals surface area contributed by atoms with Crippen molar-refractivity contribution in [2.45, 2.75) is 12.4 Å². The molecule has 0 unspecified atom stereocenters. The predicted octanol–water partition coefficient (Wildman–Crippen LogP) is 4.53. The Morgan fingerprint density at radius 1 is 0.857 bits per heavy atom. The molecule has 0 N–H and O–H groups in total. The number of aromatic nitrogens is 2. The van der Waals surface area contributed by atoms with Crippen molar-refractivity contribution in [3.8, 4) is 0 Å². The van der Waals surface area contributed by atoms with Crippen molar-refractivity contribution in [2.24, 2.45) is 0 Å². The number of halogens is 6. The number of hydrogen-bond donors (Lipinski definition) is 0. The lowest BCUT2D eigenvalue weighted by molar-refractivity contribution is -0.139. The molecular weight excluding hydrogens is 298 g/mol. The molecule has 0 saturated carbocycles. The topological polar surface area (TPSA) is 17.3 Å². The SMILES string of the molecule is FC(F)(F)c1ccc2c(c1)nc(C(F)(F)F)c1cccn12. The first-order valence-electron chi connectivity index (χ1n) is 5.73. The summed E-state index contributed by atoms with van der Waals surface area (Å²) >= 11 is 0.